The fraction of sp³-hybridized carbons (Fsp3) is 0.105. The first-order chi connectivity index (χ1) is 11.9. The Labute approximate surface area is 149 Å². The molecule has 0 spiro atoms. The molecule has 3 aromatic rings. The standard InChI is InChI=1S/C19H15ClN2O3/c1-12-18(13(2)23)11-19(14-6-8-15(20)9-7-14)21(12)16-4-3-5-17(10-16)22(24)25/h3-11H,1-2H3. The van der Waals surface area contributed by atoms with Crippen LogP contribution in [0.2, 0.25) is 5.02 Å². The first kappa shape index (κ1) is 16.9. The largest absolute Gasteiger partial charge is 0.313 e. The molecule has 0 aliphatic heterocycles. The second kappa shape index (κ2) is 6.53. The summed E-state index contributed by atoms with van der Waals surface area (Å²) in [7, 11) is 0. The van der Waals surface area contributed by atoms with Gasteiger partial charge >= 0.3 is 0 Å². The van der Waals surface area contributed by atoms with Crippen LogP contribution in [0, 0.1) is 17.0 Å². The van der Waals surface area contributed by atoms with Gasteiger partial charge in [-0.2, -0.15) is 0 Å². The minimum Gasteiger partial charge on any atom is -0.313 e. The number of ketones is 1. The molecule has 0 fully saturated rings. The highest BCUT2D eigenvalue weighted by Gasteiger charge is 2.18. The second-order valence-electron chi connectivity index (χ2n) is 5.70. The zero-order valence-electron chi connectivity index (χ0n) is 13.7. The summed E-state index contributed by atoms with van der Waals surface area (Å²) in [6, 6.07) is 15.4. The molecule has 3 rings (SSSR count). The Hall–Kier alpha value is -2.92. The predicted octanol–water partition coefficient (Wildman–Crippen LogP) is 5.22. The van der Waals surface area contributed by atoms with Gasteiger partial charge in [-0.05, 0) is 43.7 Å². The van der Waals surface area contributed by atoms with Gasteiger partial charge in [0.1, 0.15) is 0 Å². The first-order valence-electron chi connectivity index (χ1n) is 7.62. The van der Waals surface area contributed by atoms with Gasteiger partial charge in [0.2, 0.25) is 0 Å². The Morgan fingerprint density at radius 3 is 2.40 bits per heavy atom. The van der Waals surface area contributed by atoms with Crippen LogP contribution in [0.4, 0.5) is 5.69 Å². The third-order valence-corrected chi connectivity index (χ3v) is 4.32. The van der Waals surface area contributed by atoms with Gasteiger partial charge in [-0.1, -0.05) is 29.8 Å². The number of nitro benzene ring substituents is 1. The number of hydrogen-bond acceptors (Lipinski definition) is 3. The van der Waals surface area contributed by atoms with Gasteiger partial charge < -0.3 is 4.57 Å². The number of benzene rings is 2. The van der Waals surface area contributed by atoms with Crippen molar-refractivity contribution < 1.29 is 9.72 Å². The van der Waals surface area contributed by atoms with E-state index in [9.17, 15) is 14.9 Å². The number of aromatic nitrogens is 1. The minimum absolute atomic E-state index is 0.00275. The van der Waals surface area contributed by atoms with E-state index in [1.807, 2.05) is 23.6 Å². The molecule has 0 N–H and O–H groups in total. The Morgan fingerprint density at radius 2 is 1.80 bits per heavy atom. The van der Waals surface area contributed by atoms with Crippen molar-refractivity contribution in [2.45, 2.75) is 13.8 Å². The summed E-state index contributed by atoms with van der Waals surface area (Å²) in [6.07, 6.45) is 0. The van der Waals surface area contributed by atoms with Gasteiger partial charge in [-0.15, -0.1) is 0 Å². The highest BCUT2D eigenvalue weighted by Crippen LogP contribution is 2.31. The molecular formula is C19H15ClN2O3. The van der Waals surface area contributed by atoms with Crippen LogP contribution in [-0.2, 0) is 0 Å². The average molecular weight is 355 g/mol. The summed E-state index contributed by atoms with van der Waals surface area (Å²) >= 11 is 5.96. The van der Waals surface area contributed by atoms with Crippen LogP contribution < -0.4 is 0 Å². The Balaban J connectivity index is 2.27. The number of non-ortho nitro benzene ring substituents is 1. The van der Waals surface area contributed by atoms with E-state index in [1.54, 1.807) is 30.3 Å². The van der Waals surface area contributed by atoms with Crippen molar-refractivity contribution in [3.05, 3.63) is 81.0 Å². The Kier molecular flexibility index (Phi) is 4.42. The normalized spacial score (nSPS) is 10.7. The molecular weight excluding hydrogens is 340 g/mol. The van der Waals surface area contributed by atoms with E-state index < -0.39 is 4.92 Å². The van der Waals surface area contributed by atoms with E-state index in [0.717, 1.165) is 17.0 Å². The maximum Gasteiger partial charge on any atom is 0.271 e. The molecule has 5 nitrogen and oxygen atoms in total. The third-order valence-electron chi connectivity index (χ3n) is 4.07. The van der Waals surface area contributed by atoms with E-state index in [4.69, 9.17) is 11.6 Å². The fourth-order valence-corrected chi connectivity index (χ4v) is 3.00. The van der Waals surface area contributed by atoms with Crippen LogP contribution in [-0.4, -0.2) is 15.3 Å². The van der Waals surface area contributed by atoms with Crippen LogP contribution in [0.15, 0.2) is 54.6 Å². The lowest BCUT2D eigenvalue weighted by atomic mass is 10.1. The molecule has 6 heteroatoms. The molecule has 2 aromatic carbocycles. The van der Waals surface area contributed by atoms with Gasteiger partial charge in [0.05, 0.1) is 16.3 Å². The number of Topliss-reactive ketones (excluding diaryl/α,β-unsaturated/α-hetero) is 1. The SMILES string of the molecule is CC(=O)c1cc(-c2ccc(Cl)cc2)n(-c2cccc([N+](=O)[O-])c2)c1C. The van der Waals surface area contributed by atoms with Gasteiger partial charge in [0, 0.05) is 28.4 Å². The summed E-state index contributed by atoms with van der Waals surface area (Å²) in [5, 5.41) is 11.7. The van der Waals surface area contributed by atoms with Crippen molar-refractivity contribution in [2.75, 3.05) is 0 Å². The van der Waals surface area contributed by atoms with E-state index in [1.165, 1.54) is 19.1 Å². The molecule has 1 aromatic heterocycles. The first-order valence-corrected chi connectivity index (χ1v) is 8.00. The highest BCUT2D eigenvalue weighted by atomic mass is 35.5. The zero-order chi connectivity index (χ0) is 18.1. The van der Waals surface area contributed by atoms with Gasteiger partial charge in [-0.25, -0.2) is 0 Å². The molecule has 0 bridgehead atoms. The molecule has 0 amide bonds. The molecule has 0 aliphatic carbocycles. The van der Waals surface area contributed by atoms with Crippen LogP contribution in [0.1, 0.15) is 23.0 Å². The van der Waals surface area contributed by atoms with Crippen molar-refractivity contribution in [1.82, 2.24) is 4.57 Å². The monoisotopic (exact) mass is 354 g/mol. The molecule has 25 heavy (non-hydrogen) atoms. The van der Waals surface area contributed by atoms with Crippen molar-refractivity contribution >= 4 is 23.1 Å². The van der Waals surface area contributed by atoms with Crippen LogP contribution in [0.25, 0.3) is 16.9 Å². The lowest BCUT2D eigenvalue weighted by Crippen LogP contribution is -2.02. The summed E-state index contributed by atoms with van der Waals surface area (Å²) in [6.45, 7) is 3.33. The number of nitrogens with zero attached hydrogens (tertiary/aromatic N) is 2. The predicted molar refractivity (Wildman–Crippen MR) is 97.6 cm³/mol. The molecule has 126 valence electrons. The summed E-state index contributed by atoms with van der Waals surface area (Å²) in [5.41, 5.74) is 3.59. The smallest absolute Gasteiger partial charge is 0.271 e. The molecule has 0 saturated carbocycles. The number of carbonyl (C=O) groups is 1. The fourth-order valence-electron chi connectivity index (χ4n) is 2.87. The lowest BCUT2D eigenvalue weighted by molar-refractivity contribution is -0.384. The maximum atomic E-state index is 12.0. The third kappa shape index (κ3) is 3.19. The van der Waals surface area contributed by atoms with E-state index in [0.29, 0.717) is 16.3 Å². The number of nitro groups is 1. The maximum absolute atomic E-state index is 12.0. The molecule has 0 atom stereocenters. The highest BCUT2D eigenvalue weighted by molar-refractivity contribution is 6.30. The van der Waals surface area contributed by atoms with Crippen LogP contribution in [0.3, 0.4) is 0 Å². The van der Waals surface area contributed by atoms with E-state index in [2.05, 4.69) is 0 Å². The van der Waals surface area contributed by atoms with Gasteiger partial charge in [0.15, 0.2) is 5.78 Å². The van der Waals surface area contributed by atoms with Crippen molar-refractivity contribution in [2.24, 2.45) is 0 Å². The molecule has 0 radical (unpaired) electrons. The van der Waals surface area contributed by atoms with Gasteiger partial charge in [0.25, 0.3) is 5.69 Å². The minimum atomic E-state index is -0.434. The van der Waals surface area contributed by atoms with Crippen LogP contribution >= 0.6 is 11.6 Å². The molecule has 0 unspecified atom stereocenters. The van der Waals surface area contributed by atoms with Crippen molar-refractivity contribution in [3.63, 3.8) is 0 Å². The summed E-state index contributed by atoms with van der Waals surface area (Å²) < 4.78 is 1.85. The number of halogens is 1. The van der Waals surface area contributed by atoms with E-state index in [-0.39, 0.29) is 11.5 Å². The molecule has 0 aliphatic rings. The van der Waals surface area contributed by atoms with Crippen LogP contribution in [0.5, 0.6) is 0 Å². The molecule has 1 heterocycles. The van der Waals surface area contributed by atoms with Crippen molar-refractivity contribution in [1.29, 1.82) is 0 Å². The lowest BCUT2D eigenvalue weighted by Gasteiger charge is -2.12. The quantitative estimate of drug-likeness (QED) is 0.366. The Morgan fingerprint density at radius 1 is 1.12 bits per heavy atom. The second-order valence-corrected chi connectivity index (χ2v) is 6.14. The zero-order valence-corrected chi connectivity index (χ0v) is 14.4. The van der Waals surface area contributed by atoms with E-state index >= 15 is 0 Å². The summed E-state index contributed by atoms with van der Waals surface area (Å²) in [5.74, 6) is -0.0584. The number of hydrogen-bond donors (Lipinski definition) is 0. The molecule has 0 saturated heterocycles. The van der Waals surface area contributed by atoms with Gasteiger partial charge in [-0.3, -0.25) is 14.9 Å². The number of rotatable bonds is 4. The topological polar surface area (TPSA) is 65.1 Å². The number of carbonyl (C=O) groups excluding carboxylic acids is 1. The average Bonchev–Trinajstić information content (AvgIpc) is 2.93. The summed E-state index contributed by atoms with van der Waals surface area (Å²) in [4.78, 5) is 22.6. The Bertz CT molecular complexity index is 975. The van der Waals surface area contributed by atoms with Crippen molar-refractivity contribution in [3.8, 4) is 16.9 Å².